The molecule has 0 unspecified atom stereocenters. The number of aliphatic hydroxyl groups is 2. The Bertz CT molecular complexity index is 182. The zero-order valence-corrected chi connectivity index (χ0v) is 11.0. The first-order valence-electron chi connectivity index (χ1n) is 6.75. The van der Waals surface area contributed by atoms with Crippen molar-refractivity contribution >= 4 is 5.91 Å². The molecule has 0 aliphatic rings. The molecule has 0 radical (unpaired) electrons. The zero-order chi connectivity index (χ0) is 12.9. The summed E-state index contributed by atoms with van der Waals surface area (Å²) in [7, 11) is 0. The van der Waals surface area contributed by atoms with E-state index in [9.17, 15) is 4.79 Å². The van der Waals surface area contributed by atoms with Crippen LogP contribution in [0, 0.1) is 0 Å². The number of carbonyl (C=O) groups is 1. The van der Waals surface area contributed by atoms with Crippen molar-refractivity contribution in [1.82, 2.24) is 4.90 Å². The summed E-state index contributed by atoms with van der Waals surface area (Å²) in [4.78, 5) is 12.4. The molecule has 0 aromatic carbocycles. The van der Waals surface area contributed by atoms with Gasteiger partial charge in [-0.1, -0.05) is 51.9 Å². The van der Waals surface area contributed by atoms with Crippen molar-refractivity contribution in [3.05, 3.63) is 0 Å². The number of nitrogens with zero attached hydrogens (tertiary/aromatic N) is 1. The molecular formula is C13H27NO3. The summed E-state index contributed by atoms with van der Waals surface area (Å²) in [6.07, 6.45) is 9.96. The van der Waals surface area contributed by atoms with E-state index < -0.39 is 13.5 Å². The molecule has 1 amide bonds. The summed E-state index contributed by atoms with van der Waals surface area (Å²) in [6, 6.07) is 0. The Morgan fingerprint density at radius 1 is 0.882 bits per heavy atom. The lowest BCUT2D eigenvalue weighted by Crippen LogP contribution is -2.32. The average Bonchev–Trinajstić information content (AvgIpc) is 2.34. The van der Waals surface area contributed by atoms with Crippen molar-refractivity contribution in [2.75, 3.05) is 13.5 Å². The minimum Gasteiger partial charge on any atom is -0.376 e. The molecule has 0 saturated heterocycles. The van der Waals surface area contributed by atoms with Gasteiger partial charge < -0.3 is 10.2 Å². The van der Waals surface area contributed by atoms with Crippen LogP contribution in [-0.2, 0) is 4.79 Å². The summed E-state index contributed by atoms with van der Waals surface area (Å²) >= 11 is 0. The molecule has 0 aliphatic carbocycles. The Balaban J connectivity index is 3.30. The van der Waals surface area contributed by atoms with Crippen LogP contribution in [0.25, 0.3) is 0 Å². The van der Waals surface area contributed by atoms with Crippen LogP contribution in [0.5, 0.6) is 0 Å². The third kappa shape index (κ3) is 9.12. The lowest BCUT2D eigenvalue weighted by molar-refractivity contribution is -0.139. The fourth-order valence-electron chi connectivity index (χ4n) is 1.77. The highest BCUT2D eigenvalue weighted by molar-refractivity contribution is 5.75. The van der Waals surface area contributed by atoms with E-state index in [0.29, 0.717) is 6.42 Å². The van der Waals surface area contributed by atoms with Gasteiger partial charge in [-0.15, -0.1) is 0 Å². The first kappa shape index (κ1) is 16.4. The smallest absolute Gasteiger partial charge is 0.226 e. The molecule has 0 aromatic heterocycles. The number of amides is 1. The van der Waals surface area contributed by atoms with Crippen LogP contribution < -0.4 is 0 Å². The molecule has 4 heteroatoms. The van der Waals surface area contributed by atoms with Crippen molar-refractivity contribution in [3.63, 3.8) is 0 Å². The van der Waals surface area contributed by atoms with E-state index in [1.54, 1.807) is 0 Å². The molecule has 0 bridgehead atoms. The third-order valence-corrected chi connectivity index (χ3v) is 2.94. The number of hydrogen-bond donors (Lipinski definition) is 2. The van der Waals surface area contributed by atoms with Gasteiger partial charge in [-0.2, -0.15) is 0 Å². The summed E-state index contributed by atoms with van der Waals surface area (Å²) in [6.45, 7) is 1.42. The predicted octanol–water partition coefficient (Wildman–Crippen LogP) is 2.25. The highest BCUT2D eigenvalue weighted by Gasteiger charge is 2.09. The van der Waals surface area contributed by atoms with Crippen LogP contribution in [0.3, 0.4) is 0 Å². The lowest BCUT2D eigenvalue weighted by Gasteiger charge is -2.16. The van der Waals surface area contributed by atoms with Crippen LogP contribution >= 0.6 is 0 Å². The molecule has 17 heavy (non-hydrogen) atoms. The number of hydrogen-bond acceptors (Lipinski definition) is 3. The van der Waals surface area contributed by atoms with E-state index in [0.717, 1.165) is 17.7 Å². The van der Waals surface area contributed by atoms with Gasteiger partial charge in [-0.05, 0) is 6.42 Å². The largest absolute Gasteiger partial charge is 0.376 e. The van der Waals surface area contributed by atoms with Crippen molar-refractivity contribution in [2.24, 2.45) is 0 Å². The Kier molecular flexibility index (Phi) is 11.4. The van der Waals surface area contributed by atoms with Gasteiger partial charge in [-0.3, -0.25) is 9.69 Å². The van der Waals surface area contributed by atoms with E-state index in [1.165, 1.54) is 38.5 Å². The van der Waals surface area contributed by atoms with Crippen LogP contribution in [0.2, 0.25) is 0 Å². The predicted molar refractivity (Wildman–Crippen MR) is 68.2 cm³/mol. The summed E-state index contributed by atoms with van der Waals surface area (Å²) in [5.74, 6) is -0.166. The van der Waals surface area contributed by atoms with E-state index in [2.05, 4.69) is 6.92 Å². The molecular weight excluding hydrogens is 218 g/mol. The third-order valence-electron chi connectivity index (χ3n) is 2.94. The summed E-state index contributed by atoms with van der Waals surface area (Å²) in [5.41, 5.74) is 0. The van der Waals surface area contributed by atoms with E-state index in [4.69, 9.17) is 10.2 Å². The molecule has 2 N–H and O–H groups in total. The molecule has 0 heterocycles. The number of rotatable bonds is 11. The van der Waals surface area contributed by atoms with Gasteiger partial charge in [0, 0.05) is 6.42 Å². The van der Waals surface area contributed by atoms with E-state index in [1.807, 2.05) is 0 Å². The average molecular weight is 245 g/mol. The zero-order valence-electron chi connectivity index (χ0n) is 11.0. The highest BCUT2D eigenvalue weighted by Crippen LogP contribution is 2.10. The monoisotopic (exact) mass is 245 g/mol. The molecule has 0 aromatic rings. The van der Waals surface area contributed by atoms with Crippen molar-refractivity contribution in [1.29, 1.82) is 0 Å². The normalized spacial score (nSPS) is 10.5. The van der Waals surface area contributed by atoms with Crippen LogP contribution in [0.4, 0.5) is 0 Å². The maximum Gasteiger partial charge on any atom is 0.226 e. The van der Waals surface area contributed by atoms with Gasteiger partial charge in [0.1, 0.15) is 13.5 Å². The Morgan fingerprint density at radius 2 is 1.35 bits per heavy atom. The maximum absolute atomic E-state index is 11.4. The second-order valence-electron chi connectivity index (χ2n) is 4.44. The fraction of sp³-hybridized carbons (Fsp3) is 0.923. The SMILES string of the molecule is CCCCCCCCCCC(=O)N(CO)CO. The van der Waals surface area contributed by atoms with Crippen molar-refractivity contribution in [3.8, 4) is 0 Å². The maximum atomic E-state index is 11.4. The number of aliphatic hydroxyl groups excluding tert-OH is 2. The van der Waals surface area contributed by atoms with Gasteiger partial charge >= 0.3 is 0 Å². The molecule has 0 rings (SSSR count). The first-order valence-corrected chi connectivity index (χ1v) is 6.75. The number of unbranched alkanes of at least 4 members (excludes halogenated alkanes) is 7. The Morgan fingerprint density at radius 3 is 1.82 bits per heavy atom. The minimum atomic E-state index is -0.396. The van der Waals surface area contributed by atoms with E-state index in [-0.39, 0.29) is 5.91 Å². The molecule has 102 valence electrons. The standard InChI is InChI=1S/C13H27NO3/c1-2-3-4-5-6-7-8-9-10-13(17)14(11-15)12-16/h15-16H,2-12H2,1H3. The van der Waals surface area contributed by atoms with Crippen LogP contribution in [0.1, 0.15) is 64.7 Å². The van der Waals surface area contributed by atoms with Crippen LogP contribution in [-0.4, -0.2) is 34.5 Å². The molecule has 0 atom stereocenters. The lowest BCUT2D eigenvalue weighted by atomic mass is 10.1. The van der Waals surface area contributed by atoms with Gasteiger partial charge in [-0.25, -0.2) is 0 Å². The first-order chi connectivity index (χ1) is 8.26. The molecule has 4 nitrogen and oxygen atoms in total. The molecule has 0 saturated carbocycles. The topological polar surface area (TPSA) is 60.8 Å². The Labute approximate surface area is 105 Å². The van der Waals surface area contributed by atoms with Gasteiger partial charge in [0.15, 0.2) is 0 Å². The van der Waals surface area contributed by atoms with Crippen molar-refractivity contribution < 1.29 is 15.0 Å². The van der Waals surface area contributed by atoms with Crippen molar-refractivity contribution in [2.45, 2.75) is 64.7 Å². The van der Waals surface area contributed by atoms with E-state index >= 15 is 0 Å². The summed E-state index contributed by atoms with van der Waals surface area (Å²) in [5, 5.41) is 17.5. The Hall–Kier alpha value is -0.610. The van der Waals surface area contributed by atoms with Crippen LogP contribution in [0.15, 0.2) is 0 Å². The quantitative estimate of drug-likeness (QED) is 0.433. The minimum absolute atomic E-state index is 0.166. The van der Waals surface area contributed by atoms with Gasteiger partial charge in [0.25, 0.3) is 0 Å². The molecule has 0 fully saturated rings. The highest BCUT2D eigenvalue weighted by atomic mass is 16.3. The molecule has 0 aliphatic heterocycles. The van der Waals surface area contributed by atoms with Gasteiger partial charge in [0.05, 0.1) is 0 Å². The molecule has 0 spiro atoms. The number of carbonyl (C=O) groups excluding carboxylic acids is 1. The summed E-state index contributed by atoms with van der Waals surface area (Å²) < 4.78 is 0. The van der Waals surface area contributed by atoms with Gasteiger partial charge in [0.2, 0.25) is 5.91 Å². The fourth-order valence-corrected chi connectivity index (χ4v) is 1.77. The second-order valence-corrected chi connectivity index (χ2v) is 4.44. The second kappa shape index (κ2) is 11.9.